The molecule has 1 unspecified atom stereocenters. The number of rotatable bonds is 6. The van der Waals surface area contributed by atoms with Crippen LogP contribution < -0.4 is 11.1 Å². The smallest absolute Gasteiger partial charge is 0.264 e. The minimum absolute atomic E-state index is 0.0842. The van der Waals surface area contributed by atoms with Crippen molar-refractivity contribution in [2.45, 2.75) is 39.2 Å². The van der Waals surface area contributed by atoms with E-state index >= 15 is 0 Å². The summed E-state index contributed by atoms with van der Waals surface area (Å²) in [5.41, 5.74) is 6.40. The first-order valence-corrected chi connectivity index (χ1v) is 6.27. The van der Waals surface area contributed by atoms with E-state index < -0.39 is 0 Å². The average molecular weight is 242 g/mol. The summed E-state index contributed by atoms with van der Waals surface area (Å²) >= 11 is 1.15. The number of hydrogen-bond acceptors (Lipinski definition) is 5. The van der Waals surface area contributed by atoms with Gasteiger partial charge in [0.25, 0.3) is 5.91 Å². The summed E-state index contributed by atoms with van der Waals surface area (Å²) in [6, 6.07) is 0.106. The molecule has 0 aliphatic rings. The first-order valence-electron chi connectivity index (χ1n) is 5.50. The number of carbonyl (C=O) groups excluding carboxylic acids is 1. The van der Waals surface area contributed by atoms with Crippen LogP contribution in [0.3, 0.4) is 0 Å². The van der Waals surface area contributed by atoms with Crippen LogP contribution in [0.4, 0.5) is 0 Å². The van der Waals surface area contributed by atoms with E-state index in [2.05, 4.69) is 21.8 Å². The fourth-order valence-corrected chi connectivity index (χ4v) is 1.90. The highest BCUT2D eigenvalue weighted by molar-refractivity contribution is 7.08. The summed E-state index contributed by atoms with van der Waals surface area (Å²) in [7, 11) is 0. The minimum atomic E-state index is -0.0842. The minimum Gasteiger partial charge on any atom is -0.351 e. The topological polar surface area (TPSA) is 80.9 Å². The van der Waals surface area contributed by atoms with Crippen molar-refractivity contribution in [1.29, 1.82) is 0 Å². The summed E-state index contributed by atoms with van der Waals surface area (Å²) in [5.74, 6) is -0.0842. The zero-order valence-electron chi connectivity index (χ0n) is 9.69. The van der Waals surface area contributed by atoms with E-state index in [1.807, 2.05) is 6.92 Å². The van der Waals surface area contributed by atoms with Gasteiger partial charge in [0.2, 0.25) is 0 Å². The highest BCUT2D eigenvalue weighted by atomic mass is 32.1. The normalized spacial score (nSPS) is 12.4. The summed E-state index contributed by atoms with van der Waals surface area (Å²) in [4.78, 5) is 12.4. The molecule has 0 saturated carbocycles. The van der Waals surface area contributed by atoms with Crippen LogP contribution >= 0.6 is 11.5 Å². The number of carbonyl (C=O) groups is 1. The van der Waals surface area contributed by atoms with Crippen molar-refractivity contribution in [3.8, 4) is 0 Å². The number of amides is 1. The summed E-state index contributed by atoms with van der Waals surface area (Å²) in [5, 5.41) is 6.78. The standard InChI is InChI=1S/C10H18N4OS/c1-3-4-8-9(16-14-13-8)10(15)12-6-5-7(2)11/h7H,3-6,11H2,1-2H3,(H,12,15). The number of nitrogens with two attached hydrogens (primary N) is 1. The monoisotopic (exact) mass is 242 g/mol. The van der Waals surface area contributed by atoms with Crippen LogP contribution in [0.25, 0.3) is 0 Å². The molecule has 1 amide bonds. The van der Waals surface area contributed by atoms with Crippen LogP contribution in [0, 0.1) is 0 Å². The van der Waals surface area contributed by atoms with Crippen LogP contribution in [0.15, 0.2) is 0 Å². The molecule has 6 heteroatoms. The molecule has 1 atom stereocenters. The Morgan fingerprint density at radius 2 is 2.38 bits per heavy atom. The van der Waals surface area contributed by atoms with Gasteiger partial charge in [-0.2, -0.15) is 0 Å². The number of nitrogens with zero attached hydrogens (tertiary/aromatic N) is 2. The van der Waals surface area contributed by atoms with Crippen molar-refractivity contribution >= 4 is 17.4 Å². The molecule has 0 saturated heterocycles. The molecule has 0 aromatic carbocycles. The SMILES string of the molecule is CCCc1nnsc1C(=O)NCCC(C)N. The Morgan fingerprint density at radius 3 is 3.00 bits per heavy atom. The van der Waals surface area contributed by atoms with Gasteiger partial charge in [-0.15, -0.1) is 5.10 Å². The third kappa shape index (κ3) is 3.86. The maximum Gasteiger partial charge on any atom is 0.264 e. The molecule has 1 aromatic rings. The molecule has 0 aliphatic heterocycles. The number of hydrogen-bond donors (Lipinski definition) is 2. The number of aryl methyl sites for hydroxylation is 1. The van der Waals surface area contributed by atoms with Gasteiger partial charge in [-0.05, 0) is 31.3 Å². The first-order chi connectivity index (χ1) is 7.65. The maximum atomic E-state index is 11.8. The Morgan fingerprint density at radius 1 is 1.62 bits per heavy atom. The van der Waals surface area contributed by atoms with Gasteiger partial charge in [-0.3, -0.25) is 4.79 Å². The molecule has 0 fully saturated rings. The Labute approximate surface area is 99.6 Å². The van der Waals surface area contributed by atoms with Crippen molar-refractivity contribution in [3.63, 3.8) is 0 Å². The molecule has 0 radical (unpaired) electrons. The molecule has 0 bridgehead atoms. The first kappa shape index (κ1) is 13.1. The van der Waals surface area contributed by atoms with E-state index in [-0.39, 0.29) is 11.9 Å². The molecule has 0 aliphatic carbocycles. The van der Waals surface area contributed by atoms with E-state index in [1.54, 1.807) is 0 Å². The van der Waals surface area contributed by atoms with Gasteiger partial charge < -0.3 is 11.1 Å². The molecule has 5 nitrogen and oxygen atoms in total. The molecule has 1 heterocycles. The van der Waals surface area contributed by atoms with E-state index in [4.69, 9.17) is 5.73 Å². The van der Waals surface area contributed by atoms with Crippen molar-refractivity contribution in [1.82, 2.24) is 14.9 Å². The largest absolute Gasteiger partial charge is 0.351 e. The predicted octanol–water partition coefficient (Wildman–Crippen LogP) is 0.958. The third-order valence-corrected chi connectivity index (χ3v) is 2.90. The van der Waals surface area contributed by atoms with Crippen LogP contribution in [0.2, 0.25) is 0 Å². The highest BCUT2D eigenvalue weighted by Gasteiger charge is 2.14. The lowest BCUT2D eigenvalue weighted by Gasteiger charge is -2.06. The van der Waals surface area contributed by atoms with Crippen LogP contribution in [-0.4, -0.2) is 28.1 Å². The predicted molar refractivity (Wildman–Crippen MR) is 64.5 cm³/mol. The Kier molecular flexibility index (Phi) is 5.34. The summed E-state index contributed by atoms with van der Waals surface area (Å²) < 4.78 is 3.81. The van der Waals surface area contributed by atoms with Gasteiger partial charge >= 0.3 is 0 Å². The molecule has 16 heavy (non-hydrogen) atoms. The van der Waals surface area contributed by atoms with Gasteiger partial charge in [0.1, 0.15) is 4.88 Å². The van der Waals surface area contributed by atoms with Crippen molar-refractivity contribution in [2.24, 2.45) is 5.73 Å². The fraction of sp³-hybridized carbons (Fsp3) is 0.700. The van der Waals surface area contributed by atoms with E-state index in [0.29, 0.717) is 11.4 Å². The lowest BCUT2D eigenvalue weighted by atomic mass is 10.2. The van der Waals surface area contributed by atoms with Crippen LogP contribution in [0.1, 0.15) is 42.1 Å². The molecule has 90 valence electrons. The van der Waals surface area contributed by atoms with Crippen molar-refractivity contribution < 1.29 is 4.79 Å². The molecule has 3 N–H and O–H groups in total. The molecule has 1 aromatic heterocycles. The zero-order chi connectivity index (χ0) is 12.0. The van der Waals surface area contributed by atoms with Gasteiger partial charge in [0.05, 0.1) is 5.69 Å². The number of nitrogens with one attached hydrogen (secondary N) is 1. The van der Waals surface area contributed by atoms with Gasteiger partial charge in [0, 0.05) is 12.6 Å². The highest BCUT2D eigenvalue weighted by Crippen LogP contribution is 2.12. The fourth-order valence-electron chi connectivity index (χ4n) is 1.28. The second-order valence-corrected chi connectivity index (χ2v) is 4.57. The molecule has 0 spiro atoms. The Balaban J connectivity index is 2.49. The van der Waals surface area contributed by atoms with Crippen LogP contribution in [0.5, 0.6) is 0 Å². The van der Waals surface area contributed by atoms with Gasteiger partial charge in [0.15, 0.2) is 0 Å². The van der Waals surface area contributed by atoms with Crippen molar-refractivity contribution in [2.75, 3.05) is 6.54 Å². The quantitative estimate of drug-likeness (QED) is 0.778. The molecular formula is C10H18N4OS. The zero-order valence-corrected chi connectivity index (χ0v) is 10.5. The maximum absolute atomic E-state index is 11.8. The third-order valence-electron chi connectivity index (χ3n) is 2.13. The van der Waals surface area contributed by atoms with E-state index in [1.165, 1.54) is 0 Å². The molecule has 1 rings (SSSR count). The molecular weight excluding hydrogens is 224 g/mol. The lowest BCUT2D eigenvalue weighted by molar-refractivity contribution is 0.0955. The van der Waals surface area contributed by atoms with E-state index in [0.717, 1.165) is 36.5 Å². The second-order valence-electron chi connectivity index (χ2n) is 3.82. The summed E-state index contributed by atoms with van der Waals surface area (Å²) in [6.45, 7) is 4.57. The summed E-state index contributed by atoms with van der Waals surface area (Å²) in [6.07, 6.45) is 2.54. The van der Waals surface area contributed by atoms with Gasteiger partial charge in [-0.25, -0.2) is 0 Å². The Bertz CT molecular complexity index is 337. The van der Waals surface area contributed by atoms with Gasteiger partial charge in [-0.1, -0.05) is 17.8 Å². The second kappa shape index (κ2) is 6.55. The number of aromatic nitrogens is 2. The Hall–Kier alpha value is -1.01. The van der Waals surface area contributed by atoms with E-state index in [9.17, 15) is 4.79 Å². The lowest BCUT2D eigenvalue weighted by Crippen LogP contribution is -2.29. The average Bonchev–Trinajstić information content (AvgIpc) is 2.66. The van der Waals surface area contributed by atoms with Crippen molar-refractivity contribution in [3.05, 3.63) is 10.6 Å². The van der Waals surface area contributed by atoms with Crippen LogP contribution in [-0.2, 0) is 6.42 Å².